The summed E-state index contributed by atoms with van der Waals surface area (Å²) in [5.74, 6) is -0.0688. The summed E-state index contributed by atoms with van der Waals surface area (Å²) in [6, 6.07) is 19.2. The van der Waals surface area contributed by atoms with Gasteiger partial charge < -0.3 is 4.74 Å². The first-order valence-corrected chi connectivity index (χ1v) is 8.09. The molecule has 23 heavy (non-hydrogen) atoms. The largest absolute Gasteiger partial charge is 0.371 e. The van der Waals surface area contributed by atoms with E-state index < -0.39 is 6.04 Å². The predicted octanol–water partition coefficient (Wildman–Crippen LogP) is 3.84. The molecule has 0 aliphatic carbocycles. The zero-order valence-corrected chi connectivity index (χ0v) is 13.0. The molecule has 0 aromatic heterocycles. The average molecular weight is 311 g/mol. The quantitative estimate of drug-likeness (QED) is 0.623. The van der Waals surface area contributed by atoms with E-state index >= 15 is 0 Å². The number of rotatable bonds is 5. The highest BCUT2D eigenvalue weighted by molar-refractivity contribution is 5.22. The van der Waals surface area contributed by atoms with Crippen LogP contribution in [0, 0.1) is 10.1 Å². The molecule has 0 radical (unpaired) electrons. The highest BCUT2D eigenvalue weighted by Crippen LogP contribution is 2.33. The van der Waals surface area contributed by atoms with Gasteiger partial charge in [-0.15, -0.1) is 0 Å². The van der Waals surface area contributed by atoms with E-state index in [4.69, 9.17) is 4.74 Å². The molecule has 4 nitrogen and oxygen atoms in total. The van der Waals surface area contributed by atoms with Crippen LogP contribution in [0.2, 0.25) is 0 Å². The predicted molar refractivity (Wildman–Crippen MR) is 89.1 cm³/mol. The van der Waals surface area contributed by atoms with Crippen molar-refractivity contribution in [2.75, 3.05) is 6.61 Å². The number of nitrogens with zero attached hydrogens (tertiary/aromatic N) is 1. The van der Waals surface area contributed by atoms with Crippen molar-refractivity contribution >= 4 is 0 Å². The molecule has 1 aliphatic rings. The van der Waals surface area contributed by atoms with E-state index in [0.29, 0.717) is 19.4 Å². The van der Waals surface area contributed by atoms with Gasteiger partial charge in [-0.2, -0.15) is 0 Å². The van der Waals surface area contributed by atoms with Crippen LogP contribution in [0.15, 0.2) is 60.7 Å². The highest BCUT2D eigenvalue weighted by Gasteiger charge is 2.43. The summed E-state index contributed by atoms with van der Waals surface area (Å²) in [7, 11) is 0. The molecule has 0 spiro atoms. The van der Waals surface area contributed by atoms with Gasteiger partial charge in [0.2, 0.25) is 6.04 Å². The molecule has 0 bridgehead atoms. The monoisotopic (exact) mass is 311 g/mol. The molecule has 2 aromatic carbocycles. The fourth-order valence-corrected chi connectivity index (χ4v) is 3.43. The molecule has 120 valence electrons. The van der Waals surface area contributed by atoms with E-state index in [-0.39, 0.29) is 16.9 Å². The Balaban J connectivity index is 1.75. The Morgan fingerprint density at radius 2 is 1.70 bits per heavy atom. The first-order chi connectivity index (χ1) is 11.3. The second-order valence-electron chi connectivity index (χ2n) is 6.02. The molecule has 1 heterocycles. The Kier molecular flexibility index (Phi) is 5.03. The lowest BCUT2D eigenvalue weighted by molar-refractivity contribution is -0.544. The third kappa shape index (κ3) is 3.77. The molecule has 0 N–H and O–H groups in total. The summed E-state index contributed by atoms with van der Waals surface area (Å²) in [5.41, 5.74) is 2.24. The molecule has 3 atom stereocenters. The van der Waals surface area contributed by atoms with E-state index in [2.05, 4.69) is 12.1 Å². The Morgan fingerprint density at radius 3 is 2.35 bits per heavy atom. The number of ether oxygens (including phenoxy) is 1. The second kappa shape index (κ2) is 7.38. The van der Waals surface area contributed by atoms with E-state index in [9.17, 15) is 10.1 Å². The lowest BCUT2D eigenvalue weighted by Crippen LogP contribution is -2.45. The van der Waals surface area contributed by atoms with Gasteiger partial charge in [-0.3, -0.25) is 10.1 Å². The first kappa shape index (κ1) is 15.7. The summed E-state index contributed by atoms with van der Waals surface area (Å²) in [6.45, 7) is 0.587. The maximum atomic E-state index is 11.7. The third-order valence-electron chi connectivity index (χ3n) is 4.59. The molecule has 0 saturated carbocycles. The van der Waals surface area contributed by atoms with Crippen LogP contribution in [-0.2, 0) is 11.2 Å². The maximum absolute atomic E-state index is 11.7. The zero-order chi connectivity index (χ0) is 16.1. The molecule has 0 unspecified atom stereocenters. The molecule has 3 rings (SSSR count). The molecule has 1 saturated heterocycles. The van der Waals surface area contributed by atoms with Crippen LogP contribution in [0.25, 0.3) is 0 Å². The molecular formula is C19H21NO3. The van der Waals surface area contributed by atoms with Crippen molar-refractivity contribution in [2.24, 2.45) is 0 Å². The lowest BCUT2D eigenvalue weighted by Gasteiger charge is -2.32. The Labute approximate surface area is 136 Å². The van der Waals surface area contributed by atoms with Gasteiger partial charge in [-0.1, -0.05) is 60.7 Å². The Hall–Kier alpha value is -2.20. The molecule has 4 heteroatoms. The standard InChI is InChI=1S/C19H21NO3/c21-20(22)19-17(16-9-5-2-6-10-16)13-14-23-18(19)12-11-15-7-3-1-4-8-15/h1-10,17-19H,11-14H2/t17-,18+,19+/m1/s1. The lowest BCUT2D eigenvalue weighted by atomic mass is 9.82. The van der Waals surface area contributed by atoms with E-state index in [1.165, 1.54) is 5.56 Å². The summed E-state index contributed by atoms with van der Waals surface area (Å²) in [6.07, 6.45) is 1.86. The van der Waals surface area contributed by atoms with Crippen molar-refractivity contribution in [2.45, 2.75) is 37.3 Å². The third-order valence-corrected chi connectivity index (χ3v) is 4.59. The van der Waals surface area contributed by atoms with Crippen molar-refractivity contribution in [1.29, 1.82) is 0 Å². The van der Waals surface area contributed by atoms with Crippen LogP contribution >= 0.6 is 0 Å². The van der Waals surface area contributed by atoms with E-state index in [1.807, 2.05) is 48.5 Å². The minimum Gasteiger partial charge on any atom is -0.371 e. The highest BCUT2D eigenvalue weighted by atomic mass is 16.6. The van der Waals surface area contributed by atoms with Gasteiger partial charge in [0.1, 0.15) is 6.10 Å². The van der Waals surface area contributed by atoms with E-state index in [0.717, 1.165) is 12.0 Å². The van der Waals surface area contributed by atoms with Crippen LogP contribution in [0.5, 0.6) is 0 Å². The van der Waals surface area contributed by atoms with Gasteiger partial charge in [-0.05, 0) is 30.4 Å². The van der Waals surface area contributed by atoms with Gasteiger partial charge in [0.25, 0.3) is 0 Å². The van der Waals surface area contributed by atoms with Crippen molar-refractivity contribution < 1.29 is 9.66 Å². The average Bonchev–Trinajstić information content (AvgIpc) is 2.61. The van der Waals surface area contributed by atoms with Crippen LogP contribution in [0.4, 0.5) is 0 Å². The van der Waals surface area contributed by atoms with Gasteiger partial charge in [-0.25, -0.2) is 0 Å². The number of aryl methyl sites for hydroxylation is 1. The number of hydrogen-bond donors (Lipinski definition) is 0. The van der Waals surface area contributed by atoms with Gasteiger partial charge >= 0.3 is 0 Å². The minimum atomic E-state index is -0.671. The second-order valence-corrected chi connectivity index (χ2v) is 6.02. The maximum Gasteiger partial charge on any atom is 0.245 e. The van der Waals surface area contributed by atoms with Crippen LogP contribution < -0.4 is 0 Å². The Bertz CT molecular complexity index is 630. The number of benzene rings is 2. The van der Waals surface area contributed by atoms with Crippen molar-refractivity contribution in [1.82, 2.24) is 0 Å². The molecule has 1 aliphatic heterocycles. The number of nitro groups is 1. The molecular weight excluding hydrogens is 290 g/mol. The summed E-state index contributed by atoms with van der Waals surface area (Å²) in [4.78, 5) is 11.5. The van der Waals surface area contributed by atoms with E-state index in [1.54, 1.807) is 0 Å². The minimum absolute atomic E-state index is 0.0688. The SMILES string of the molecule is O=[N+]([O-])[C@@H]1[C@H](CCc2ccccc2)OCC[C@@H]1c1ccccc1. The van der Waals surface area contributed by atoms with Gasteiger partial charge in [0, 0.05) is 11.5 Å². The Morgan fingerprint density at radius 1 is 1.04 bits per heavy atom. The van der Waals surface area contributed by atoms with Gasteiger partial charge in [0.15, 0.2) is 0 Å². The first-order valence-electron chi connectivity index (χ1n) is 8.09. The topological polar surface area (TPSA) is 52.4 Å². The summed E-state index contributed by atoms with van der Waals surface area (Å²) >= 11 is 0. The number of hydrogen-bond acceptors (Lipinski definition) is 3. The molecule has 0 amide bonds. The molecule has 1 fully saturated rings. The van der Waals surface area contributed by atoms with Crippen LogP contribution in [0.3, 0.4) is 0 Å². The van der Waals surface area contributed by atoms with Crippen LogP contribution in [0.1, 0.15) is 29.9 Å². The van der Waals surface area contributed by atoms with Crippen molar-refractivity contribution in [3.05, 3.63) is 81.9 Å². The fraction of sp³-hybridized carbons (Fsp3) is 0.368. The van der Waals surface area contributed by atoms with Crippen LogP contribution in [-0.4, -0.2) is 23.7 Å². The normalized spacial score (nSPS) is 24.3. The molecule has 2 aromatic rings. The smallest absolute Gasteiger partial charge is 0.245 e. The fourth-order valence-electron chi connectivity index (χ4n) is 3.43. The van der Waals surface area contributed by atoms with Crippen molar-refractivity contribution in [3.63, 3.8) is 0 Å². The van der Waals surface area contributed by atoms with Gasteiger partial charge in [0.05, 0.1) is 5.92 Å². The summed E-state index contributed by atoms with van der Waals surface area (Å²) < 4.78 is 5.78. The summed E-state index contributed by atoms with van der Waals surface area (Å²) in [5, 5.41) is 11.7. The zero-order valence-electron chi connectivity index (χ0n) is 13.0. The van der Waals surface area contributed by atoms with Crippen molar-refractivity contribution in [3.8, 4) is 0 Å².